The molecule has 2 aliphatic rings. The van der Waals surface area contributed by atoms with Gasteiger partial charge in [0.15, 0.2) is 5.76 Å². The number of rotatable bonds is 7. The molecule has 1 aliphatic carbocycles. The molecule has 1 aliphatic heterocycles. The minimum Gasteiger partial charge on any atom is -0.461 e. The molecular weight excluding hydrogens is 465 g/mol. The maximum absolute atomic E-state index is 14.1. The molecule has 12 heteroatoms. The topological polar surface area (TPSA) is 131 Å². The monoisotopic (exact) mass is 499 g/mol. The maximum Gasteiger partial charge on any atom is 0.259 e. The summed E-state index contributed by atoms with van der Waals surface area (Å²) in [4.78, 5) is 31.0. The summed E-state index contributed by atoms with van der Waals surface area (Å²) in [7, 11) is 0. The van der Waals surface area contributed by atoms with Crippen LogP contribution in [0.25, 0.3) is 17.4 Å². The molecule has 4 heterocycles. The number of piperazine rings is 1. The van der Waals surface area contributed by atoms with E-state index in [1.165, 1.54) is 10.9 Å². The zero-order chi connectivity index (χ0) is 25.3. The fraction of sp³-hybridized carbons (Fsp3) is 0.625. The van der Waals surface area contributed by atoms with Crippen LogP contribution in [-0.2, 0) is 4.79 Å². The Morgan fingerprint density at radius 3 is 2.61 bits per heavy atom. The second-order valence-electron chi connectivity index (χ2n) is 10.4. The van der Waals surface area contributed by atoms with Crippen molar-refractivity contribution in [2.45, 2.75) is 57.7 Å². The van der Waals surface area contributed by atoms with E-state index in [2.05, 4.69) is 30.3 Å². The molecule has 0 spiro atoms. The molecule has 0 unspecified atom stereocenters. The summed E-state index contributed by atoms with van der Waals surface area (Å²) in [6, 6.07) is 3.04. The van der Waals surface area contributed by atoms with Gasteiger partial charge in [0.05, 0.1) is 6.26 Å². The SMILES string of the molecule is CC(C)(F)CN1CCN(C(=O)[C@@H](Nc2nc(N)n3nc(-c4ccco4)nc3n2)C2CCCCC2)CC1. The van der Waals surface area contributed by atoms with Gasteiger partial charge in [0.25, 0.3) is 5.78 Å². The number of carbonyl (C=O) groups is 1. The molecule has 194 valence electrons. The Hall–Kier alpha value is -3.28. The van der Waals surface area contributed by atoms with E-state index in [1.807, 2.05) is 4.90 Å². The Morgan fingerprint density at radius 1 is 1.19 bits per heavy atom. The van der Waals surface area contributed by atoms with Crippen LogP contribution in [-0.4, -0.2) is 84.7 Å². The predicted molar refractivity (Wildman–Crippen MR) is 133 cm³/mol. The zero-order valence-electron chi connectivity index (χ0n) is 20.9. The third kappa shape index (κ3) is 5.43. The van der Waals surface area contributed by atoms with Crippen LogP contribution < -0.4 is 11.1 Å². The van der Waals surface area contributed by atoms with Crippen molar-refractivity contribution in [2.24, 2.45) is 5.92 Å². The Morgan fingerprint density at radius 2 is 1.94 bits per heavy atom. The lowest BCUT2D eigenvalue weighted by molar-refractivity contribution is -0.135. The molecule has 5 rings (SSSR count). The smallest absolute Gasteiger partial charge is 0.259 e. The molecule has 0 radical (unpaired) electrons. The fourth-order valence-electron chi connectivity index (χ4n) is 5.22. The Kier molecular flexibility index (Phi) is 6.78. The number of halogens is 1. The average Bonchev–Trinajstić information content (AvgIpc) is 3.53. The van der Waals surface area contributed by atoms with Crippen molar-refractivity contribution >= 4 is 23.6 Å². The quantitative estimate of drug-likeness (QED) is 0.504. The molecule has 3 aromatic rings. The lowest BCUT2D eigenvalue weighted by Crippen LogP contribution is -2.55. The second kappa shape index (κ2) is 10.00. The first kappa shape index (κ1) is 24.4. The largest absolute Gasteiger partial charge is 0.461 e. The van der Waals surface area contributed by atoms with Crippen molar-refractivity contribution < 1.29 is 13.6 Å². The number of furan rings is 1. The highest BCUT2D eigenvalue weighted by Gasteiger charge is 2.35. The van der Waals surface area contributed by atoms with Crippen molar-refractivity contribution in [2.75, 3.05) is 43.8 Å². The number of aromatic nitrogens is 5. The number of nitrogens with one attached hydrogen (secondary N) is 1. The van der Waals surface area contributed by atoms with Crippen LogP contribution >= 0.6 is 0 Å². The minimum absolute atomic E-state index is 0.0286. The lowest BCUT2D eigenvalue weighted by atomic mass is 9.83. The molecule has 0 aromatic carbocycles. The minimum atomic E-state index is -1.26. The van der Waals surface area contributed by atoms with E-state index in [0.29, 0.717) is 44.3 Å². The Balaban J connectivity index is 1.35. The maximum atomic E-state index is 14.1. The summed E-state index contributed by atoms with van der Waals surface area (Å²) in [6.45, 7) is 5.98. The number of hydrogen-bond acceptors (Lipinski definition) is 9. The van der Waals surface area contributed by atoms with Gasteiger partial charge in [-0.1, -0.05) is 19.3 Å². The number of nitrogen functional groups attached to an aromatic ring is 1. The number of fused-ring (bicyclic) bond motifs is 1. The van der Waals surface area contributed by atoms with E-state index >= 15 is 0 Å². The standard InChI is InChI=1S/C24H34FN9O2/c1-24(2,25)15-32-10-12-33(13-11-32)20(35)18(16-7-4-3-5-8-16)27-22-29-21(26)34-23(30-22)28-19(31-34)17-9-6-14-36-17/h6,9,14,16,18H,3-5,7-8,10-13,15H2,1-2H3,(H3,26,27,28,29,30,31)/t18-/m0/s1. The molecule has 1 amide bonds. The van der Waals surface area contributed by atoms with Gasteiger partial charge in [-0.3, -0.25) is 9.69 Å². The van der Waals surface area contributed by atoms with Crippen molar-refractivity contribution in [1.82, 2.24) is 34.4 Å². The summed E-state index contributed by atoms with van der Waals surface area (Å²) in [5.41, 5.74) is 4.91. The number of alkyl halides is 1. The highest BCUT2D eigenvalue weighted by molar-refractivity contribution is 5.85. The van der Waals surface area contributed by atoms with Crippen LogP contribution in [0.15, 0.2) is 22.8 Å². The predicted octanol–water partition coefficient (Wildman–Crippen LogP) is 2.61. The Labute approximate surface area is 209 Å². The highest BCUT2D eigenvalue weighted by atomic mass is 19.1. The number of anilines is 2. The first-order valence-electron chi connectivity index (χ1n) is 12.7. The van der Waals surface area contributed by atoms with E-state index in [9.17, 15) is 9.18 Å². The molecule has 1 saturated heterocycles. The van der Waals surface area contributed by atoms with Gasteiger partial charge in [0.1, 0.15) is 11.7 Å². The molecule has 3 aromatic heterocycles. The number of nitrogens with zero attached hydrogens (tertiary/aromatic N) is 7. The van der Waals surface area contributed by atoms with Crippen molar-refractivity contribution in [3.05, 3.63) is 18.4 Å². The van der Waals surface area contributed by atoms with E-state index in [4.69, 9.17) is 10.2 Å². The van der Waals surface area contributed by atoms with Crippen LogP contribution in [0.1, 0.15) is 46.0 Å². The van der Waals surface area contributed by atoms with Crippen molar-refractivity contribution in [3.63, 3.8) is 0 Å². The van der Waals surface area contributed by atoms with Crippen LogP contribution in [0.4, 0.5) is 16.3 Å². The van der Waals surface area contributed by atoms with E-state index < -0.39 is 11.7 Å². The number of hydrogen-bond donors (Lipinski definition) is 2. The van der Waals surface area contributed by atoms with Crippen molar-refractivity contribution in [3.8, 4) is 11.6 Å². The molecule has 36 heavy (non-hydrogen) atoms. The van der Waals surface area contributed by atoms with Gasteiger partial charge in [-0.2, -0.15) is 19.5 Å². The summed E-state index contributed by atoms with van der Waals surface area (Å²) in [6.07, 6.45) is 6.83. The third-order valence-corrected chi connectivity index (χ3v) is 6.93. The molecule has 1 atom stereocenters. The van der Waals surface area contributed by atoms with Gasteiger partial charge < -0.3 is 20.4 Å². The highest BCUT2D eigenvalue weighted by Crippen LogP contribution is 2.29. The number of amides is 1. The summed E-state index contributed by atoms with van der Waals surface area (Å²) in [5.74, 6) is 1.69. The normalized spacial score (nSPS) is 19.0. The van der Waals surface area contributed by atoms with Gasteiger partial charge in [0, 0.05) is 32.7 Å². The number of nitrogens with two attached hydrogens (primary N) is 1. The molecule has 2 fully saturated rings. The molecule has 3 N–H and O–H groups in total. The van der Waals surface area contributed by atoms with Crippen molar-refractivity contribution in [1.29, 1.82) is 0 Å². The second-order valence-corrected chi connectivity index (χ2v) is 10.4. The molecule has 0 bridgehead atoms. The Bertz CT molecular complexity index is 1180. The fourth-order valence-corrected chi connectivity index (χ4v) is 5.22. The zero-order valence-corrected chi connectivity index (χ0v) is 20.9. The summed E-state index contributed by atoms with van der Waals surface area (Å²) in [5, 5.41) is 7.63. The van der Waals surface area contributed by atoms with Gasteiger partial charge in [-0.25, -0.2) is 4.39 Å². The van der Waals surface area contributed by atoms with Gasteiger partial charge in [-0.15, -0.1) is 5.10 Å². The molecule has 11 nitrogen and oxygen atoms in total. The molecular formula is C24H34FN9O2. The number of carbonyl (C=O) groups excluding carboxylic acids is 1. The first-order chi connectivity index (χ1) is 17.3. The van der Waals surface area contributed by atoms with Gasteiger partial charge in [0.2, 0.25) is 23.6 Å². The summed E-state index contributed by atoms with van der Waals surface area (Å²) >= 11 is 0. The first-order valence-corrected chi connectivity index (χ1v) is 12.7. The van der Waals surface area contributed by atoms with Crippen LogP contribution in [0.5, 0.6) is 0 Å². The van der Waals surface area contributed by atoms with Crippen LogP contribution in [0.3, 0.4) is 0 Å². The van der Waals surface area contributed by atoms with E-state index in [1.54, 1.807) is 32.2 Å². The third-order valence-electron chi connectivity index (χ3n) is 6.93. The van der Waals surface area contributed by atoms with E-state index in [-0.39, 0.29) is 29.5 Å². The van der Waals surface area contributed by atoms with Crippen LogP contribution in [0, 0.1) is 5.92 Å². The summed E-state index contributed by atoms with van der Waals surface area (Å²) < 4.78 is 20.8. The molecule has 1 saturated carbocycles. The average molecular weight is 500 g/mol. The van der Waals surface area contributed by atoms with Gasteiger partial charge in [-0.05, 0) is 44.7 Å². The van der Waals surface area contributed by atoms with E-state index in [0.717, 1.165) is 25.7 Å². The van der Waals surface area contributed by atoms with Crippen LogP contribution in [0.2, 0.25) is 0 Å². The van der Waals surface area contributed by atoms with Gasteiger partial charge >= 0.3 is 0 Å². The lowest BCUT2D eigenvalue weighted by Gasteiger charge is -2.39.